The molecule has 2 aliphatic rings. The molecule has 0 amide bonds. The average molecular weight is 991 g/mol. The maximum absolute atomic E-state index is 11.7. The highest BCUT2D eigenvalue weighted by Gasteiger charge is 2.45. The number of nitro benzene ring substituents is 8. The summed E-state index contributed by atoms with van der Waals surface area (Å²) in [6.45, 7) is 1.63. The molecule has 0 aromatic heterocycles. The van der Waals surface area contributed by atoms with E-state index in [0.29, 0.717) is 30.9 Å². The number of benzene rings is 4. The van der Waals surface area contributed by atoms with Crippen molar-refractivity contribution in [2.75, 3.05) is 33.6 Å². The van der Waals surface area contributed by atoms with E-state index in [9.17, 15) is 90.5 Å². The Bertz CT molecular complexity index is 2690. The van der Waals surface area contributed by atoms with Crippen LogP contribution in [0, 0.1) is 80.9 Å². The van der Waals surface area contributed by atoms with Crippen molar-refractivity contribution in [1.82, 2.24) is 11.0 Å². The van der Waals surface area contributed by atoms with Crippen LogP contribution in [0.4, 0.5) is 45.5 Å². The van der Waals surface area contributed by atoms with Crippen molar-refractivity contribution < 1.29 is 69.5 Å². The highest BCUT2D eigenvalue weighted by Crippen LogP contribution is 2.55. The molecule has 4 aromatic carbocycles. The topological polar surface area (TPSA) is 440 Å². The molecule has 0 fully saturated rings. The molecule has 0 aliphatic heterocycles. The lowest BCUT2D eigenvalue weighted by molar-refractivity contribution is -0.395. The van der Waals surface area contributed by atoms with Gasteiger partial charge < -0.3 is 19.1 Å². The lowest BCUT2D eigenvalue weighted by Gasteiger charge is -2.15. The smallest absolute Gasteiger partial charge is 0.308 e. The van der Waals surface area contributed by atoms with Crippen LogP contribution in [0.15, 0.2) is 48.5 Å². The van der Waals surface area contributed by atoms with Crippen molar-refractivity contribution in [3.63, 3.8) is 0 Å². The predicted molar refractivity (Wildman–Crippen MR) is 232 cm³/mol. The molecule has 364 valence electrons. The van der Waals surface area contributed by atoms with Crippen LogP contribution >= 0.6 is 9.24 Å². The van der Waals surface area contributed by atoms with Gasteiger partial charge in [-0.1, -0.05) is 6.64 Å². The third-order valence-corrected chi connectivity index (χ3v) is 9.66. The number of ether oxygens (including phenoxy) is 2. The second-order valence-electron chi connectivity index (χ2n) is 13.5. The van der Waals surface area contributed by atoms with Crippen LogP contribution in [-0.2, 0) is 28.7 Å². The van der Waals surface area contributed by atoms with Gasteiger partial charge in [0, 0.05) is 25.6 Å². The van der Waals surface area contributed by atoms with E-state index in [4.69, 9.17) is 15.8 Å². The molecule has 0 saturated heterocycles. The van der Waals surface area contributed by atoms with Gasteiger partial charge in [-0.15, -0.1) is 9.24 Å². The molecule has 69 heavy (non-hydrogen) atoms. The van der Waals surface area contributed by atoms with Gasteiger partial charge in [-0.25, -0.2) is 0 Å². The van der Waals surface area contributed by atoms with Crippen molar-refractivity contribution in [1.29, 1.82) is 0 Å². The third kappa shape index (κ3) is 11.5. The van der Waals surface area contributed by atoms with E-state index in [1.165, 1.54) is 0 Å². The van der Waals surface area contributed by atoms with E-state index in [0.717, 1.165) is 31.4 Å². The van der Waals surface area contributed by atoms with Crippen molar-refractivity contribution in [2.24, 2.45) is 0 Å². The average Bonchev–Trinajstić information content (AvgIpc) is 3.79. The second-order valence-corrected chi connectivity index (χ2v) is 13.5. The Morgan fingerprint density at radius 1 is 0.522 bits per heavy atom. The Balaban J connectivity index is 0.000000288. The number of hydrogen-bond acceptors (Lipinski definition) is 24. The fourth-order valence-corrected chi connectivity index (χ4v) is 7.01. The minimum atomic E-state index is -1.29. The zero-order chi connectivity index (χ0) is 52.3. The number of carbonyl (C=O) groups excluding carboxylic acids is 2. The van der Waals surface area contributed by atoms with E-state index >= 15 is 0 Å². The fourth-order valence-electron chi connectivity index (χ4n) is 7.01. The molecule has 0 heterocycles. The highest BCUT2D eigenvalue weighted by atomic mass is 31.0. The molecule has 0 saturated carbocycles. The molecule has 2 N–H and O–H groups in total. The third-order valence-electron chi connectivity index (χ3n) is 9.66. The maximum atomic E-state index is 11.7. The summed E-state index contributed by atoms with van der Waals surface area (Å²) in [5, 5.41) is 92.1. The lowest BCUT2D eigenvalue weighted by Crippen LogP contribution is -2.23. The monoisotopic (exact) mass is 990 g/mol. The van der Waals surface area contributed by atoms with Crippen LogP contribution in [0.25, 0.3) is 22.3 Å². The first kappa shape index (κ1) is 51.3. The highest BCUT2D eigenvalue weighted by molar-refractivity contribution is 7.15. The number of nitrogens with one attached hydrogen (secondary N) is 2. The lowest BCUT2D eigenvalue weighted by atomic mass is 10.0. The number of carbonyl (C=O) groups is 2. The number of esters is 2. The normalized spacial score (nSPS) is 12.0. The number of fused-ring (bicyclic) bond motifs is 6. The summed E-state index contributed by atoms with van der Waals surface area (Å²) in [5.74, 6) is -1.21. The summed E-state index contributed by atoms with van der Waals surface area (Å²) in [6.07, 6.45) is -0.405. The molecular weight excluding hydrogens is 955 g/mol. The van der Waals surface area contributed by atoms with Crippen molar-refractivity contribution >= 4 is 66.7 Å². The van der Waals surface area contributed by atoms with E-state index in [1.54, 1.807) is 6.92 Å². The first-order valence-electron chi connectivity index (χ1n) is 19.6. The molecule has 1 atom stereocenters. The molecule has 1 unspecified atom stereocenters. The van der Waals surface area contributed by atoms with E-state index in [2.05, 4.69) is 24.9 Å². The zero-order valence-electron chi connectivity index (χ0n) is 36.2. The van der Waals surface area contributed by atoms with Crippen molar-refractivity contribution in [2.45, 2.75) is 31.8 Å². The van der Waals surface area contributed by atoms with Gasteiger partial charge >= 0.3 is 11.9 Å². The van der Waals surface area contributed by atoms with Crippen LogP contribution in [-0.4, -0.2) is 84.9 Å². The molecule has 0 radical (unpaired) electrons. The molecule has 4 aromatic rings. The molecule has 0 spiro atoms. The first-order valence-corrected chi connectivity index (χ1v) is 19.7. The number of hydrogen-bond donors (Lipinski definition) is 2. The molecule has 6 rings (SSSR count). The molecule has 2 aliphatic carbocycles. The summed E-state index contributed by atoms with van der Waals surface area (Å²) in [6, 6.07) is 3.86. The Kier molecular flexibility index (Phi) is 16.8. The molecule has 0 bridgehead atoms. The number of nitro groups is 8. The van der Waals surface area contributed by atoms with Crippen LogP contribution in [0.5, 0.6) is 0 Å². The van der Waals surface area contributed by atoms with Gasteiger partial charge in [0.2, 0.25) is 0 Å². The first-order chi connectivity index (χ1) is 33.0. The number of nitrogens with zero attached hydrogens (tertiary/aromatic N) is 8. The van der Waals surface area contributed by atoms with E-state index in [-0.39, 0.29) is 77.2 Å². The number of hydroxylamine groups is 2. The van der Waals surface area contributed by atoms with Gasteiger partial charge in [-0.3, -0.25) is 90.5 Å². The summed E-state index contributed by atoms with van der Waals surface area (Å²) < 4.78 is 15.4. The van der Waals surface area contributed by atoms with Crippen LogP contribution < -0.4 is 11.0 Å². The van der Waals surface area contributed by atoms with Crippen molar-refractivity contribution in [3.8, 4) is 22.3 Å². The molecule has 32 nitrogen and oxygen atoms in total. The standard InChI is InChI=1S/C18H15N5O11.C17H13N5O11.CH5P/c1-2-33-15(24)3-4-34-19-18-11-5-9(20(25)26)7-13(22(29)30)16(11)17-12(18)6-10(21(27)28)8-14(17)23(31)32;1-32-14(23)2-3-33-18-17-10-4-8(19(24)25)6-12(21(28)29)15(10)16-11(17)5-9(20(26)27)7-13(16)22(30)31;1-2/h5-8,18-19H,2-4H2,1H3;4-7,17-18H,2-3H2,1H3;2H2,1H3/i;;1T. The minimum Gasteiger partial charge on any atom is -0.469 e. The maximum Gasteiger partial charge on any atom is 0.308 e. The summed E-state index contributed by atoms with van der Waals surface area (Å²) in [4.78, 5) is 118. The van der Waals surface area contributed by atoms with Gasteiger partial charge in [-0.05, 0) is 29.2 Å². The number of methoxy groups -OCH3 is 1. The fraction of sp³-hybridized carbons (Fsp3) is 0.278. The SMILES string of the molecule is CCOC(=O)CCONC1c2cc([N+](=O)[O-])cc([N+](=O)[O-])c2-c2c1cc([N+](=O)[O-])cc2[N+](=O)[O-].COC(=O)CCONC1c2cc([N+](=O)[O-])cc([N+](=O)[O-])c2-c2c1cc([N+](=O)[O-])cc2[N+](=O)[O-].[3H]CP. The van der Waals surface area contributed by atoms with Crippen LogP contribution in [0.1, 0.15) is 55.5 Å². The Hall–Kier alpha value is -8.71. The molecular formula is C36H33N10O22P. The summed E-state index contributed by atoms with van der Waals surface area (Å²) in [7, 11) is 3.39. The van der Waals surface area contributed by atoms with Gasteiger partial charge in [-0.2, -0.15) is 11.0 Å². The minimum absolute atomic E-state index is 0.129. The number of non-ortho nitro benzene ring substituents is 4. The van der Waals surface area contributed by atoms with Crippen LogP contribution in [0.3, 0.4) is 0 Å². The summed E-state index contributed by atoms with van der Waals surface area (Å²) in [5.41, 5.74) is -2.73. The van der Waals surface area contributed by atoms with Gasteiger partial charge in [0.05, 0.1) is 138 Å². The van der Waals surface area contributed by atoms with Crippen molar-refractivity contribution in [3.05, 3.63) is 152 Å². The number of rotatable bonds is 19. The largest absolute Gasteiger partial charge is 0.469 e. The zero-order valence-corrected chi connectivity index (χ0v) is 36.3. The van der Waals surface area contributed by atoms with Crippen LogP contribution in [0.2, 0.25) is 0 Å². The quantitative estimate of drug-likeness (QED) is 0.0367. The Morgan fingerprint density at radius 3 is 1.00 bits per heavy atom. The van der Waals surface area contributed by atoms with Gasteiger partial charge in [0.1, 0.15) is 0 Å². The van der Waals surface area contributed by atoms with Gasteiger partial charge in [0.25, 0.3) is 45.5 Å². The Labute approximate surface area is 386 Å². The molecule has 33 heteroatoms. The van der Waals surface area contributed by atoms with E-state index in [1.807, 2.05) is 0 Å². The Morgan fingerprint density at radius 2 is 0.783 bits per heavy atom. The van der Waals surface area contributed by atoms with E-state index < -0.39 is 109 Å². The van der Waals surface area contributed by atoms with Gasteiger partial charge in [0.15, 0.2) is 0 Å². The second kappa shape index (κ2) is 22.7. The predicted octanol–water partition coefficient (Wildman–Crippen LogP) is 5.83. The summed E-state index contributed by atoms with van der Waals surface area (Å²) >= 11 is 0.